The van der Waals surface area contributed by atoms with Gasteiger partial charge in [-0.05, 0) is 60.8 Å². The van der Waals surface area contributed by atoms with Gasteiger partial charge in [0.05, 0.1) is 7.11 Å². The van der Waals surface area contributed by atoms with Gasteiger partial charge in [-0.1, -0.05) is 43.3 Å². The van der Waals surface area contributed by atoms with Gasteiger partial charge in [0.15, 0.2) is 5.75 Å². The normalized spacial score (nSPS) is 18.2. The Balaban J connectivity index is 1.31. The second-order valence-electron chi connectivity index (χ2n) is 9.07. The lowest BCUT2D eigenvalue weighted by atomic mass is 9.81. The van der Waals surface area contributed by atoms with E-state index in [9.17, 15) is 4.79 Å². The van der Waals surface area contributed by atoms with Crippen molar-refractivity contribution in [3.05, 3.63) is 60.3 Å². The number of nitrogens with zero attached hydrogens (tertiary/aromatic N) is 2. The monoisotopic (exact) mass is 414 g/mol. The van der Waals surface area contributed by atoms with Crippen molar-refractivity contribution in [3.63, 3.8) is 0 Å². The van der Waals surface area contributed by atoms with Gasteiger partial charge in [-0.2, -0.15) is 0 Å². The molecule has 5 rings (SSSR count). The van der Waals surface area contributed by atoms with Crippen molar-refractivity contribution in [2.45, 2.75) is 38.5 Å². The fraction of sp³-hybridized carbons (Fsp3) is 0.407. The number of carbonyl (C=O) groups excluding carboxylic acids is 1. The van der Waals surface area contributed by atoms with Gasteiger partial charge in [0.1, 0.15) is 5.52 Å². The zero-order valence-electron chi connectivity index (χ0n) is 18.4. The molecule has 1 saturated carbocycles. The van der Waals surface area contributed by atoms with Crippen LogP contribution in [0.5, 0.6) is 5.75 Å². The fourth-order valence-corrected chi connectivity index (χ4v) is 5.00. The molecule has 1 saturated heterocycles. The van der Waals surface area contributed by atoms with E-state index in [1.165, 1.54) is 5.56 Å². The lowest BCUT2D eigenvalue weighted by Gasteiger charge is -2.35. The van der Waals surface area contributed by atoms with Crippen LogP contribution in [0.3, 0.4) is 0 Å². The first kappa shape index (κ1) is 20.0. The number of benzene rings is 2. The molecule has 1 atom stereocenters. The molecule has 1 aliphatic carbocycles. The summed E-state index contributed by atoms with van der Waals surface area (Å²) in [6.45, 7) is 4.17. The van der Waals surface area contributed by atoms with Crippen LogP contribution in [0.1, 0.15) is 44.1 Å². The summed E-state index contributed by atoms with van der Waals surface area (Å²) < 4.78 is 5.74. The number of aromatic nitrogens is 1. The maximum atomic E-state index is 12.3. The van der Waals surface area contributed by atoms with E-state index in [0.717, 1.165) is 66.6 Å². The Kier molecular flexibility index (Phi) is 5.39. The number of methoxy groups -OCH3 is 1. The molecule has 4 heteroatoms. The summed E-state index contributed by atoms with van der Waals surface area (Å²) in [4.78, 5) is 19.0. The Morgan fingerprint density at radius 1 is 1.03 bits per heavy atom. The molecule has 0 bridgehead atoms. The SMILES string of the molecule is COc1c(-c2ccc(C(C)C3CCN(C(=O)C4CC4)CC3)cc2)ccc2cccnc12. The molecule has 2 aliphatic rings. The summed E-state index contributed by atoms with van der Waals surface area (Å²) in [6.07, 6.45) is 6.21. The number of amides is 1. The van der Waals surface area contributed by atoms with Gasteiger partial charge >= 0.3 is 0 Å². The second-order valence-corrected chi connectivity index (χ2v) is 9.07. The molecule has 2 fully saturated rings. The molecule has 2 aromatic carbocycles. The van der Waals surface area contributed by atoms with Gasteiger partial charge in [-0.25, -0.2) is 0 Å². The number of hydrogen-bond acceptors (Lipinski definition) is 3. The Bertz CT molecular complexity index is 1080. The number of carbonyl (C=O) groups is 1. The quantitative estimate of drug-likeness (QED) is 0.541. The van der Waals surface area contributed by atoms with Crippen molar-refractivity contribution in [1.82, 2.24) is 9.88 Å². The van der Waals surface area contributed by atoms with Gasteiger partial charge in [-0.15, -0.1) is 0 Å². The number of likely N-dealkylation sites (tertiary alicyclic amines) is 1. The maximum absolute atomic E-state index is 12.3. The van der Waals surface area contributed by atoms with E-state index in [2.05, 4.69) is 59.3 Å². The van der Waals surface area contributed by atoms with Crippen molar-refractivity contribution >= 4 is 16.8 Å². The molecule has 1 aliphatic heterocycles. The Labute approximate surface area is 184 Å². The Hall–Kier alpha value is -2.88. The predicted molar refractivity (Wildman–Crippen MR) is 124 cm³/mol. The molecular formula is C27H30N2O2. The summed E-state index contributed by atoms with van der Waals surface area (Å²) in [5.74, 6) is 2.69. The minimum absolute atomic E-state index is 0.337. The van der Waals surface area contributed by atoms with Crippen LogP contribution < -0.4 is 4.74 Å². The number of hydrogen-bond donors (Lipinski definition) is 0. The van der Waals surface area contributed by atoms with Gasteiger partial charge < -0.3 is 9.64 Å². The molecular weight excluding hydrogens is 384 g/mol. The number of rotatable bonds is 5. The molecule has 3 aromatic rings. The van der Waals surface area contributed by atoms with E-state index in [4.69, 9.17) is 4.74 Å². The minimum atomic E-state index is 0.337. The highest BCUT2D eigenvalue weighted by molar-refractivity contribution is 5.92. The van der Waals surface area contributed by atoms with Crippen LogP contribution >= 0.6 is 0 Å². The number of ether oxygens (including phenoxy) is 1. The Morgan fingerprint density at radius 2 is 1.77 bits per heavy atom. The molecule has 160 valence electrons. The third-order valence-electron chi connectivity index (χ3n) is 7.16. The van der Waals surface area contributed by atoms with Crippen molar-refractivity contribution in [3.8, 4) is 16.9 Å². The highest BCUT2D eigenvalue weighted by atomic mass is 16.5. The molecule has 31 heavy (non-hydrogen) atoms. The van der Waals surface area contributed by atoms with Gasteiger partial charge in [0, 0.05) is 36.2 Å². The zero-order chi connectivity index (χ0) is 21.4. The largest absolute Gasteiger partial charge is 0.494 e. The van der Waals surface area contributed by atoms with E-state index >= 15 is 0 Å². The average Bonchev–Trinajstić information content (AvgIpc) is 3.68. The first-order chi connectivity index (χ1) is 15.2. The van der Waals surface area contributed by atoms with Gasteiger partial charge in [0.2, 0.25) is 5.91 Å². The van der Waals surface area contributed by atoms with Crippen LogP contribution in [0.4, 0.5) is 0 Å². The highest BCUT2D eigenvalue weighted by Gasteiger charge is 2.35. The van der Waals surface area contributed by atoms with Crippen LogP contribution in [-0.2, 0) is 4.79 Å². The lowest BCUT2D eigenvalue weighted by Crippen LogP contribution is -2.40. The molecule has 2 heterocycles. The zero-order valence-corrected chi connectivity index (χ0v) is 18.4. The second kappa shape index (κ2) is 8.33. The first-order valence-electron chi connectivity index (χ1n) is 11.5. The smallest absolute Gasteiger partial charge is 0.225 e. The summed E-state index contributed by atoms with van der Waals surface area (Å²) in [6, 6.07) is 17.1. The number of piperidine rings is 1. The minimum Gasteiger partial charge on any atom is -0.494 e. The van der Waals surface area contributed by atoms with Crippen LogP contribution in [-0.4, -0.2) is 36.0 Å². The van der Waals surface area contributed by atoms with Crippen LogP contribution in [0.15, 0.2) is 54.7 Å². The predicted octanol–water partition coefficient (Wildman–Crippen LogP) is 5.66. The Morgan fingerprint density at radius 3 is 2.45 bits per heavy atom. The van der Waals surface area contributed by atoms with E-state index in [0.29, 0.717) is 23.7 Å². The van der Waals surface area contributed by atoms with Crippen molar-refractivity contribution < 1.29 is 9.53 Å². The van der Waals surface area contributed by atoms with Gasteiger partial charge in [0.25, 0.3) is 0 Å². The number of pyridine rings is 1. The molecule has 4 nitrogen and oxygen atoms in total. The molecule has 1 unspecified atom stereocenters. The standard InChI is InChI=1S/C27H30N2O2/c1-18(20-13-16-29(17-14-20)27(30)23-9-10-23)19-5-7-21(8-6-19)24-12-11-22-4-3-15-28-25(22)26(24)31-2/h3-8,11-12,15,18,20,23H,9-10,13-14,16-17H2,1-2H3. The molecule has 1 amide bonds. The first-order valence-corrected chi connectivity index (χ1v) is 11.5. The van der Waals surface area contributed by atoms with E-state index in [-0.39, 0.29) is 0 Å². The van der Waals surface area contributed by atoms with Crippen LogP contribution in [0, 0.1) is 11.8 Å². The summed E-state index contributed by atoms with van der Waals surface area (Å²) in [5.41, 5.74) is 4.48. The van der Waals surface area contributed by atoms with Crippen molar-refractivity contribution in [1.29, 1.82) is 0 Å². The van der Waals surface area contributed by atoms with Crippen molar-refractivity contribution in [2.24, 2.45) is 11.8 Å². The van der Waals surface area contributed by atoms with Crippen LogP contribution in [0.25, 0.3) is 22.0 Å². The van der Waals surface area contributed by atoms with Crippen molar-refractivity contribution in [2.75, 3.05) is 20.2 Å². The van der Waals surface area contributed by atoms with Gasteiger partial charge in [-0.3, -0.25) is 9.78 Å². The third-order valence-corrected chi connectivity index (χ3v) is 7.16. The molecule has 0 radical (unpaired) electrons. The number of fused-ring (bicyclic) bond motifs is 1. The average molecular weight is 415 g/mol. The fourth-order valence-electron chi connectivity index (χ4n) is 5.00. The molecule has 0 spiro atoms. The lowest BCUT2D eigenvalue weighted by molar-refractivity contribution is -0.134. The topological polar surface area (TPSA) is 42.4 Å². The molecule has 0 N–H and O–H groups in total. The summed E-state index contributed by atoms with van der Waals surface area (Å²) in [5, 5.41) is 1.08. The van der Waals surface area contributed by atoms with E-state index in [1.807, 2.05) is 12.3 Å². The summed E-state index contributed by atoms with van der Waals surface area (Å²) in [7, 11) is 1.71. The molecule has 1 aromatic heterocycles. The highest BCUT2D eigenvalue weighted by Crippen LogP contribution is 2.38. The van der Waals surface area contributed by atoms with Crippen LogP contribution in [0.2, 0.25) is 0 Å². The third kappa shape index (κ3) is 3.91. The summed E-state index contributed by atoms with van der Waals surface area (Å²) >= 11 is 0. The van der Waals surface area contributed by atoms with E-state index in [1.54, 1.807) is 7.11 Å². The maximum Gasteiger partial charge on any atom is 0.225 e. The van der Waals surface area contributed by atoms with E-state index < -0.39 is 0 Å².